The lowest BCUT2D eigenvalue weighted by atomic mass is 10.2. The highest BCUT2D eigenvalue weighted by atomic mass is 35.5. The zero-order valence-corrected chi connectivity index (χ0v) is 14.8. The maximum absolute atomic E-state index is 11.9. The number of carbonyl (C=O) groups excluding carboxylic acids is 3. The molecular weight excluding hydrogens is 358 g/mol. The van der Waals surface area contributed by atoms with Crippen molar-refractivity contribution in [3.05, 3.63) is 64.7 Å². The molecule has 8 heteroatoms. The number of nitrogens with one attached hydrogen (secondary N) is 3. The summed E-state index contributed by atoms with van der Waals surface area (Å²) in [7, 11) is 0. The van der Waals surface area contributed by atoms with Gasteiger partial charge < -0.3 is 10.1 Å². The number of para-hydroxylation sites is 1. The normalized spacial score (nSPS) is 9.92. The van der Waals surface area contributed by atoms with Gasteiger partial charge in [0.25, 0.3) is 17.7 Å². The summed E-state index contributed by atoms with van der Waals surface area (Å²) in [5, 5.41) is 2.69. The third-order valence-corrected chi connectivity index (χ3v) is 3.65. The van der Waals surface area contributed by atoms with Gasteiger partial charge in [-0.15, -0.1) is 0 Å². The lowest BCUT2D eigenvalue weighted by Gasteiger charge is -2.11. The summed E-state index contributed by atoms with van der Waals surface area (Å²) in [6.07, 6.45) is 0. The van der Waals surface area contributed by atoms with Crippen molar-refractivity contribution in [3.8, 4) is 5.75 Å². The second-order valence-electron chi connectivity index (χ2n) is 5.31. The minimum Gasteiger partial charge on any atom is -0.483 e. The van der Waals surface area contributed by atoms with Crippen LogP contribution in [0.5, 0.6) is 5.75 Å². The molecule has 2 rings (SSSR count). The molecule has 26 heavy (non-hydrogen) atoms. The van der Waals surface area contributed by atoms with Gasteiger partial charge in [-0.25, -0.2) is 0 Å². The van der Waals surface area contributed by atoms with Crippen molar-refractivity contribution >= 4 is 29.3 Å². The van der Waals surface area contributed by atoms with Crippen molar-refractivity contribution in [2.24, 2.45) is 0 Å². The second-order valence-corrected chi connectivity index (χ2v) is 5.72. The summed E-state index contributed by atoms with van der Waals surface area (Å²) >= 11 is 5.90. The number of ether oxygens (including phenoxy) is 1. The van der Waals surface area contributed by atoms with Crippen LogP contribution in [-0.4, -0.2) is 30.9 Å². The SMILES string of the molecule is Cc1ccccc1OCC(=O)NNC(=O)CNC(=O)c1ccccc1Cl. The van der Waals surface area contributed by atoms with E-state index in [1.54, 1.807) is 36.4 Å². The minimum absolute atomic E-state index is 0.253. The van der Waals surface area contributed by atoms with E-state index in [1.807, 2.05) is 19.1 Å². The Morgan fingerprint density at radius 1 is 0.962 bits per heavy atom. The lowest BCUT2D eigenvalue weighted by molar-refractivity contribution is -0.129. The average Bonchev–Trinajstić information content (AvgIpc) is 2.64. The molecule has 0 atom stereocenters. The van der Waals surface area contributed by atoms with Crippen molar-refractivity contribution in [1.29, 1.82) is 0 Å². The van der Waals surface area contributed by atoms with E-state index in [0.29, 0.717) is 5.75 Å². The molecule has 2 aromatic rings. The molecule has 0 unspecified atom stereocenters. The Bertz CT molecular complexity index is 811. The molecule has 0 radical (unpaired) electrons. The third kappa shape index (κ3) is 5.78. The smallest absolute Gasteiger partial charge is 0.276 e. The Morgan fingerprint density at radius 2 is 1.62 bits per heavy atom. The summed E-state index contributed by atoms with van der Waals surface area (Å²) in [6, 6.07) is 13.7. The first kappa shape index (κ1) is 19.3. The molecule has 0 saturated heterocycles. The predicted octanol–water partition coefficient (Wildman–Crippen LogP) is 1.60. The van der Waals surface area contributed by atoms with Crippen LogP contribution in [0.4, 0.5) is 0 Å². The van der Waals surface area contributed by atoms with Crippen molar-refractivity contribution in [1.82, 2.24) is 16.2 Å². The largest absolute Gasteiger partial charge is 0.483 e. The van der Waals surface area contributed by atoms with E-state index < -0.39 is 17.7 Å². The van der Waals surface area contributed by atoms with Gasteiger partial charge in [-0.2, -0.15) is 0 Å². The van der Waals surface area contributed by atoms with Gasteiger partial charge in [-0.05, 0) is 30.7 Å². The number of aryl methyl sites for hydroxylation is 1. The summed E-state index contributed by atoms with van der Waals surface area (Å²) in [5.41, 5.74) is 5.55. The first-order valence-electron chi connectivity index (χ1n) is 7.76. The topological polar surface area (TPSA) is 96.5 Å². The van der Waals surface area contributed by atoms with Gasteiger partial charge >= 0.3 is 0 Å². The van der Waals surface area contributed by atoms with Gasteiger partial charge in [0.15, 0.2) is 6.61 Å². The molecule has 0 saturated carbocycles. The minimum atomic E-state index is -0.588. The molecular formula is C18H18ClN3O4. The Labute approximate surface area is 155 Å². The number of rotatable bonds is 6. The van der Waals surface area contributed by atoms with Gasteiger partial charge in [0.2, 0.25) is 0 Å². The number of carbonyl (C=O) groups is 3. The summed E-state index contributed by atoms with van der Waals surface area (Å²) < 4.78 is 5.35. The van der Waals surface area contributed by atoms with Crippen LogP contribution in [0, 0.1) is 6.92 Å². The third-order valence-electron chi connectivity index (χ3n) is 3.32. The molecule has 3 N–H and O–H groups in total. The molecule has 0 fully saturated rings. The number of hydrogen-bond donors (Lipinski definition) is 3. The molecule has 0 aliphatic heterocycles. The van der Waals surface area contributed by atoms with E-state index in [0.717, 1.165) is 5.56 Å². The van der Waals surface area contributed by atoms with Crippen LogP contribution in [-0.2, 0) is 9.59 Å². The van der Waals surface area contributed by atoms with Crippen LogP contribution in [0.1, 0.15) is 15.9 Å². The van der Waals surface area contributed by atoms with E-state index in [-0.39, 0.29) is 23.7 Å². The monoisotopic (exact) mass is 375 g/mol. The highest BCUT2D eigenvalue weighted by Gasteiger charge is 2.11. The van der Waals surface area contributed by atoms with E-state index in [1.165, 1.54) is 0 Å². The van der Waals surface area contributed by atoms with Crippen LogP contribution in [0.15, 0.2) is 48.5 Å². The second kappa shape index (κ2) is 9.43. The Kier molecular flexibility index (Phi) is 6.99. The number of amides is 3. The predicted molar refractivity (Wildman–Crippen MR) is 96.7 cm³/mol. The molecule has 7 nitrogen and oxygen atoms in total. The van der Waals surface area contributed by atoms with Crippen molar-refractivity contribution < 1.29 is 19.1 Å². The zero-order valence-electron chi connectivity index (χ0n) is 14.0. The maximum atomic E-state index is 11.9. The molecule has 3 amide bonds. The molecule has 0 aliphatic carbocycles. The van der Waals surface area contributed by atoms with Gasteiger partial charge in [0.1, 0.15) is 5.75 Å². The molecule has 0 heterocycles. The number of hydrogen-bond acceptors (Lipinski definition) is 4. The first-order valence-corrected chi connectivity index (χ1v) is 8.14. The maximum Gasteiger partial charge on any atom is 0.276 e. The number of halogens is 1. The van der Waals surface area contributed by atoms with Crippen LogP contribution >= 0.6 is 11.6 Å². The fourth-order valence-electron chi connectivity index (χ4n) is 1.98. The average molecular weight is 376 g/mol. The van der Waals surface area contributed by atoms with Crippen LogP contribution < -0.4 is 20.9 Å². The number of benzene rings is 2. The Balaban J connectivity index is 1.70. The molecule has 0 aromatic heterocycles. The molecule has 0 aliphatic rings. The summed E-state index contributed by atoms with van der Waals surface area (Å²) in [5.74, 6) is -1.02. The van der Waals surface area contributed by atoms with Gasteiger partial charge in [-0.1, -0.05) is 41.9 Å². The first-order chi connectivity index (χ1) is 12.5. The summed E-state index contributed by atoms with van der Waals surface area (Å²) in [4.78, 5) is 35.3. The van der Waals surface area contributed by atoms with E-state index in [4.69, 9.17) is 16.3 Å². The summed E-state index contributed by atoms with van der Waals surface area (Å²) in [6.45, 7) is 1.29. The Morgan fingerprint density at radius 3 is 2.35 bits per heavy atom. The van der Waals surface area contributed by atoms with Gasteiger partial charge in [0.05, 0.1) is 17.1 Å². The fraction of sp³-hybridized carbons (Fsp3) is 0.167. The fourth-order valence-corrected chi connectivity index (χ4v) is 2.20. The highest BCUT2D eigenvalue weighted by Crippen LogP contribution is 2.15. The Hall–Kier alpha value is -3.06. The quantitative estimate of drug-likeness (QED) is 0.668. The standard InChI is InChI=1S/C18H18ClN3O4/c1-12-6-2-5-9-15(12)26-11-17(24)22-21-16(23)10-20-18(25)13-7-3-4-8-14(13)19/h2-9H,10-11H2,1H3,(H,20,25)(H,21,23)(H,22,24). The zero-order chi connectivity index (χ0) is 18.9. The lowest BCUT2D eigenvalue weighted by Crippen LogP contribution is -2.47. The highest BCUT2D eigenvalue weighted by molar-refractivity contribution is 6.33. The molecule has 2 aromatic carbocycles. The van der Waals surface area contributed by atoms with E-state index >= 15 is 0 Å². The van der Waals surface area contributed by atoms with Crippen molar-refractivity contribution in [3.63, 3.8) is 0 Å². The van der Waals surface area contributed by atoms with Crippen molar-refractivity contribution in [2.75, 3.05) is 13.2 Å². The molecule has 0 spiro atoms. The van der Waals surface area contributed by atoms with Crippen LogP contribution in [0.2, 0.25) is 5.02 Å². The van der Waals surface area contributed by atoms with Crippen molar-refractivity contribution in [2.45, 2.75) is 6.92 Å². The van der Waals surface area contributed by atoms with Gasteiger partial charge in [0, 0.05) is 0 Å². The van der Waals surface area contributed by atoms with Gasteiger partial charge in [-0.3, -0.25) is 25.2 Å². The molecule has 0 bridgehead atoms. The molecule has 136 valence electrons. The van der Waals surface area contributed by atoms with Crippen LogP contribution in [0.25, 0.3) is 0 Å². The van der Waals surface area contributed by atoms with E-state index in [2.05, 4.69) is 16.2 Å². The number of hydrazine groups is 1. The van der Waals surface area contributed by atoms with E-state index in [9.17, 15) is 14.4 Å². The van der Waals surface area contributed by atoms with Crippen LogP contribution in [0.3, 0.4) is 0 Å².